The van der Waals surface area contributed by atoms with E-state index in [1.807, 2.05) is 0 Å². The van der Waals surface area contributed by atoms with Crippen molar-refractivity contribution in [2.75, 3.05) is 0 Å². The van der Waals surface area contributed by atoms with Gasteiger partial charge in [-0.1, -0.05) is 25.1 Å². The highest BCUT2D eigenvalue weighted by Crippen LogP contribution is 2.28. The van der Waals surface area contributed by atoms with E-state index in [1.54, 1.807) is 11.1 Å². The molecule has 0 bridgehead atoms. The highest BCUT2D eigenvalue weighted by molar-refractivity contribution is 5.38. The fourth-order valence-electron chi connectivity index (χ4n) is 2.04. The van der Waals surface area contributed by atoms with Crippen LogP contribution in [0.2, 0.25) is 0 Å². The first kappa shape index (κ1) is 6.90. The van der Waals surface area contributed by atoms with Gasteiger partial charge in [-0.05, 0) is 42.4 Å². The first-order chi connectivity index (χ1) is 5.27. The van der Waals surface area contributed by atoms with Crippen LogP contribution in [-0.2, 0) is 12.8 Å². The summed E-state index contributed by atoms with van der Waals surface area (Å²) in [6.07, 6.45) is 2.58. The largest absolute Gasteiger partial charge is 0.0619 e. The molecular formula is C11H14. The Morgan fingerprint density at radius 3 is 2.82 bits per heavy atom. The van der Waals surface area contributed by atoms with Gasteiger partial charge in [-0.25, -0.2) is 0 Å². The summed E-state index contributed by atoms with van der Waals surface area (Å²) in [4.78, 5) is 0. The average Bonchev–Trinajstić information content (AvgIpc) is 2.31. The maximum atomic E-state index is 2.33. The van der Waals surface area contributed by atoms with E-state index in [9.17, 15) is 0 Å². The van der Waals surface area contributed by atoms with E-state index in [2.05, 4.69) is 32.0 Å². The Labute approximate surface area is 68.3 Å². The van der Waals surface area contributed by atoms with Crippen molar-refractivity contribution in [1.29, 1.82) is 0 Å². The third-order valence-electron chi connectivity index (χ3n) is 2.63. The topological polar surface area (TPSA) is 0 Å². The molecule has 0 heteroatoms. The van der Waals surface area contributed by atoms with Gasteiger partial charge in [0.05, 0.1) is 0 Å². The normalized spacial score (nSPS) is 21.8. The van der Waals surface area contributed by atoms with Crippen molar-refractivity contribution in [1.82, 2.24) is 0 Å². The summed E-state index contributed by atoms with van der Waals surface area (Å²) in [5, 5.41) is 0. The molecular weight excluding hydrogens is 132 g/mol. The predicted octanol–water partition coefficient (Wildman–Crippen LogP) is 2.73. The standard InChI is InChI=1S/C11H14/c1-8-6-10-5-3-4-9(2)11(10)7-8/h3-5,8H,6-7H2,1-2H3/t8-/m0/s1. The Hall–Kier alpha value is -0.780. The van der Waals surface area contributed by atoms with Crippen molar-refractivity contribution >= 4 is 0 Å². The SMILES string of the molecule is Cc1cccc2c1C[C@@H](C)C2. The van der Waals surface area contributed by atoms with Gasteiger partial charge in [0.25, 0.3) is 0 Å². The Balaban J connectivity index is 2.49. The molecule has 1 aliphatic carbocycles. The molecule has 0 heterocycles. The summed E-state index contributed by atoms with van der Waals surface area (Å²) < 4.78 is 0. The van der Waals surface area contributed by atoms with E-state index in [0.717, 1.165) is 5.92 Å². The van der Waals surface area contributed by atoms with Gasteiger partial charge in [-0.3, -0.25) is 0 Å². The number of rotatable bonds is 0. The molecule has 0 radical (unpaired) electrons. The molecule has 0 saturated heterocycles. The molecule has 0 N–H and O–H groups in total. The van der Waals surface area contributed by atoms with E-state index in [-0.39, 0.29) is 0 Å². The highest BCUT2D eigenvalue weighted by Gasteiger charge is 2.17. The van der Waals surface area contributed by atoms with Crippen LogP contribution in [0.25, 0.3) is 0 Å². The van der Waals surface area contributed by atoms with E-state index in [1.165, 1.54) is 18.4 Å². The zero-order valence-electron chi connectivity index (χ0n) is 7.22. The van der Waals surface area contributed by atoms with Gasteiger partial charge in [0.1, 0.15) is 0 Å². The van der Waals surface area contributed by atoms with Crippen molar-refractivity contribution in [3.63, 3.8) is 0 Å². The molecule has 0 aromatic heterocycles. The molecule has 0 nitrogen and oxygen atoms in total. The minimum Gasteiger partial charge on any atom is -0.0619 e. The van der Waals surface area contributed by atoms with E-state index in [0.29, 0.717) is 0 Å². The van der Waals surface area contributed by atoms with Gasteiger partial charge >= 0.3 is 0 Å². The van der Waals surface area contributed by atoms with Crippen LogP contribution in [0.15, 0.2) is 18.2 Å². The highest BCUT2D eigenvalue weighted by atomic mass is 14.2. The van der Waals surface area contributed by atoms with Crippen LogP contribution in [0, 0.1) is 12.8 Å². The molecule has 1 aromatic rings. The summed E-state index contributed by atoms with van der Waals surface area (Å²) in [6, 6.07) is 6.66. The second-order valence-electron chi connectivity index (χ2n) is 3.73. The number of hydrogen-bond acceptors (Lipinski definition) is 0. The van der Waals surface area contributed by atoms with E-state index < -0.39 is 0 Å². The first-order valence-corrected chi connectivity index (χ1v) is 4.34. The lowest BCUT2D eigenvalue weighted by Crippen LogP contribution is -1.90. The molecule has 0 amide bonds. The van der Waals surface area contributed by atoms with Crippen LogP contribution in [0.4, 0.5) is 0 Å². The molecule has 0 fully saturated rings. The summed E-state index contributed by atoms with van der Waals surface area (Å²) in [6.45, 7) is 4.55. The van der Waals surface area contributed by atoms with Crippen LogP contribution >= 0.6 is 0 Å². The van der Waals surface area contributed by atoms with Crippen LogP contribution in [0.5, 0.6) is 0 Å². The Bertz CT molecular complexity index is 273. The number of benzene rings is 1. The van der Waals surface area contributed by atoms with Crippen LogP contribution in [0.1, 0.15) is 23.6 Å². The minimum atomic E-state index is 0.867. The number of hydrogen-bond donors (Lipinski definition) is 0. The monoisotopic (exact) mass is 146 g/mol. The zero-order valence-corrected chi connectivity index (χ0v) is 7.22. The summed E-state index contributed by atoms with van der Waals surface area (Å²) in [5.41, 5.74) is 4.67. The lowest BCUT2D eigenvalue weighted by atomic mass is 10.1. The predicted molar refractivity (Wildman–Crippen MR) is 47.8 cm³/mol. The van der Waals surface area contributed by atoms with Gasteiger partial charge < -0.3 is 0 Å². The molecule has 0 spiro atoms. The third-order valence-corrected chi connectivity index (χ3v) is 2.63. The summed E-state index contributed by atoms with van der Waals surface area (Å²) in [7, 11) is 0. The second kappa shape index (κ2) is 2.37. The Kier molecular flexibility index (Phi) is 1.49. The van der Waals surface area contributed by atoms with Gasteiger partial charge in [0.2, 0.25) is 0 Å². The van der Waals surface area contributed by atoms with Crippen molar-refractivity contribution < 1.29 is 0 Å². The average molecular weight is 146 g/mol. The maximum absolute atomic E-state index is 2.33. The van der Waals surface area contributed by atoms with Crippen LogP contribution in [-0.4, -0.2) is 0 Å². The third kappa shape index (κ3) is 1.07. The second-order valence-corrected chi connectivity index (χ2v) is 3.73. The van der Waals surface area contributed by atoms with Gasteiger partial charge in [0.15, 0.2) is 0 Å². The lowest BCUT2D eigenvalue weighted by molar-refractivity contribution is 0.627. The molecule has 1 aromatic carbocycles. The molecule has 0 unspecified atom stereocenters. The molecule has 2 rings (SSSR count). The summed E-state index contributed by atoms with van der Waals surface area (Å²) >= 11 is 0. The van der Waals surface area contributed by atoms with Gasteiger partial charge in [-0.15, -0.1) is 0 Å². The van der Waals surface area contributed by atoms with E-state index >= 15 is 0 Å². The van der Waals surface area contributed by atoms with E-state index in [4.69, 9.17) is 0 Å². The molecule has 11 heavy (non-hydrogen) atoms. The molecule has 1 atom stereocenters. The van der Waals surface area contributed by atoms with Gasteiger partial charge in [0, 0.05) is 0 Å². The van der Waals surface area contributed by atoms with Crippen LogP contribution < -0.4 is 0 Å². The van der Waals surface area contributed by atoms with Crippen LogP contribution in [0.3, 0.4) is 0 Å². The van der Waals surface area contributed by atoms with Crippen molar-refractivity contribution in [2.24, 2.45) is 5.92 Å². The van der Waals surface area contributed by atoms with Gasteiger partial charge in [-0.2, -0.15) is 0 Å². The lowest BCUT2D eigenvalue weighted by Gasteiger charge is -2.00. The number of aryl methyl sites for hydroxylation is 1. The Morgan fingerprint density at radius 1 is 1.27 bits per heavy atom. The Morgan fingerprint density at radius 2 is 2.09 bits per heavy atom. The number of fused-ring (bicyclic) bond motifs is 1. The molecule has 1 aliphatic rings. The smallest absolute Gasteiger partial charge is 0.0244 e. The maximum Gasteiger partial charge on any atom is -0.0244 e. The molecule has 0 aliphatic heterocycles. The first-order valence-electron chi connectivity index (χ1n) is 4.34. The minimum absolute atomic E-state index is 0.867. The summed E-state index contributed by atoms with van der Waals surface area (Å²) in [5.74, 6) is 0.867. The fourth-order valence-corrected chi connectivity index (χ4v) is 2.04. The fraction of sp³-hybridized carbons (Fsp3) is 0.455. The van der Waals surface area contributed by atoms with Crippen molar-refractivity contribution in [2.45, 2.75) is 26.7 Å². The molecule has 0 saturated carbocycles. The zero-order chi connectivity index (χ0) is 7.84. The van der Waals surface area contributed by atoms with Crippen molar-refractivity contribution in [3.05, 3.63) is 34.9 Å². The van der Waals surface area contributed by atoms with Crippen molar-refractivity contribution in [3.8, 4) is 0 Å². The quantitative estimate of drug-likeness (QED) is 0.528. The molecule has 58 valence electrons.